The minimum atomic E-state index is -3.82. The van der Waals surface area contributed by atoms with Crippen molar-refractivity contribution in [2.75, 3.05) is 37.4 Å². The summed E-state index contributed by atoms with van der Waals surface area (Å²) in [4.78, 5) is 17.1. The van der Waals surface area contributed by atoms with Gasteiger partial charge in [-0.2, -0.15) is 0 Å². The summed E-state index contributed by atoms with van der Waals surface area (Å²) in [6.07, 6.45) is 0. The fourth-order valence-corrected chi connectivity index (χ4v) is 4.22. The molecule has 152 valence electrons. The molecular weight excluding hydrogens is 421 g/mol. The van der Waals surface area contributed by atoms with Gasteiger partial charge >= 0.3 is 0 Å². The molecule has 1 fully saturated rings. The van der Waals surface area contributed by atoms with E-state index in [1.165, 1.54) is 24.3 Å². The second-order valence-electron chi connectivity index (χ2n) is 6.33. The Morgan fingerprint density at radius 2 is 1.64 bits per heavy atom. The van der Waals surface area contributed by atoms with Gasteiger partial charge in [-0.15, -0.1) is 12.4 Å². The average molecular weight is 444 g/mol. The number of sulfonamides is 1. The second kappa shape index (κ2) is 9.60. The molecule has 0 unspecified atom stereocenters. The number of nitrogens with one attached hydrogen (secondary N) is 1. The van der Waals surface area contributed by atoms with E-state index in [9.17, 15) is 13.2 Å². The molecule has 6 nitrogen and oxygen atoms in total. The number of carbonyl (C=O) groups excluding carboxylic acids is 1. The van der Waals surface area contributed by atoms with E-state index in [1.54, 1.807) is 29.2 Å². The van der Waals surface area contributed by atoms with Crippen molar-refractivity contribution in [1.82, 2.24) is 9.80 Å². The van der Waals surface area contributed by atoms with Crippen molar-refractivity contribution in [3.8, 4) is 0 Å². The van der Waals surface area contributed by atoms with Crippen LogP contribution >= 0.6 is 24.0 Å². The maximum Gasteiger partial charge on any atom is 0.261 e. The Hall–Kier alpha value is -1.80. The van der Waals surface area contributed by atoms with Crippen molar-refractivity contribution in [1.29, 1.82) is 0 Å². The van der Waals surface area contributed by atoms with E-state index in [1.807, 2.05) is 0 Å². The maximum absolute atomic E-state index is 12.9. The molecule has 0 bridgehead atoms. The van der Waals surface area contributed by atoms with Crippen LogP contribution in [0.3, 0.4) is 0 Å². The Morgan fingerprint density at radius 3 is 2.25 bits per heavy atom. The van der Waals surface area contributed by atoms with Gasteiger partial charge in [-0.05, 0) is 42.9 Å². The second-order valence-corrected chi connectivity index (χ2v) is 8.45. The van der Waals surface area contributed by atoms with Crippen LogP contribution in [0.1, 0.15) is 17.3 Å². The maximum atomic E-state index is 12.9. The molecule has 0 aromatic heterocycles. The molecular formula is C19H23Cl2N3O3S. The smallest absolute Gasteiger partial charge is 0.261 e. The average Bonchev–Trinajstić information content (AvgIpc) is 2.68. The van der Waals surface area contributed by atoms with Crippen LogP contribution < -0.4 is 4.72 Å². The highest BCUT2D eigenvalue weighted by Crippen LogP contribution is 2.23. The number of piperazine rings is 1. The molecule has 2 aromatic rings. The van der Waals surface area contributed by atoms with Crippen molar-refractivity contribution in [3.63, 3.8) is 0 Å². The topological polar surface area (TPSA) is 69.7 Å². The molecule has 0 atom stereocenters. The first kappa shape index (κ1) is 22.5. The van der Waals surface area contributed by atoms with Crippen LogP contribution in [0.25, 0.3) is 0 Å². The lowest BCUT2D eigenvalue weighted by Crippen LogP contribution is -2.48. The van der Waals surface area contributed by atoms with E-state index < -0.39 is 10.0 Å². The van der Waals surface area contributed by atoms with Gasteiger partial charge in [0.25, 0.3) is 15.9 Å². The van der Waals surface area contributed by atoms with Crippen LogP contribution in [0.15, 0.2) is 53.4 Å². The number of nitrogens with zero attached hydrogens (tertiary/aromatic N) is 2. The van der Waals surface area contributed by atoms with Crippen molar-refractivity contribution >= 4 is 45.6 Å². The summed E-state index contributed by atoms with van der Waals surface area (Å²) in [5.74, 6) is -0.167. The lowest BCUT2D eigenvalue weighted by atomic mass is 10.1. The van der Waals surface area contributed by atoms with Crippen LogP contribution in [0.4, 0.5) is 5.69 Å². The molecule has 3 rings (SSSR count). The largest absolute Gasteiger partial charge is 0.336 e. The van der Waals surface area contributed by atoms with Gasteiger partial charge in [0.05, 0.1) is 16.1 Å². The van der Waals surface area contributed by atoms with E-state index in [4.69, 9.17) is 11.6 Å². The van der Waals surface area contributed by atoms with Gasteiger partial charge in [0.1, 0.15) is 0 Å². The molecule has 1 amide bonds. The van der Waals surface area contributed by atoms with Gasteiger partial charge in [-0.25, -0.2) is 8.42 Å². The van der Waals surface area contributed by atoms with E-state index in [-0.39, 0.29) is 28.9 Å². The molecule has 9 heteroatoms. The van der Waals surface area contributed by atoms with Crippen LogP contribution in [-0.4, -0.2) is 56.8 Å². The molecule has 1 saturated heterocycles. The third-order valence-electron chi connectivity index (χ3n) is 4.63. The number of benzene rings is 2. The van der Waals surface area contributed by atoms with Crippen LogP contribution in [0, 0.1) is 0 Å². The van der Waals surface area contributed by atoms with E-state index >= 15 is 0 Å². The minimum absolute atomic E-state index is 0. The van der Waals surface area contributed by atoms with Gasteiger partial charge in [-0.3, -0.25) is 9.52 Å². The Labute approximate surface area is 176 Å². The zero-order chi connectivity index (χ0) is 19.4. The molecule has 1 heterocycles. The highest BCUT2D eigenvalue weighted by molar-refractivity contribution is 7.92. The monoisotopic (exact) mass is 443 g/mol. The van der Waals surface area contributed by atoms with Crippen LogP contribution in [-0.2, 0) is 10.0 Å². The quantitative estimate of drug-likeness (QED) is 0.768. The Kier molecular flexibility index (Phi) is 7.71. The summed E-state index contributed by atoms with van der Waals surface area (Å²) in [6.45, 7) is 5.95. The summed E-state index contributed by atoms with van der Waals surface area (Å²) in [5.41, 5.74) is 0.621. The summed E-state index contributed by atoms with van der Waals surface area (Å²) in [6, 6.07) is 12.6. The minimum Gasteiger partial charge on any atom is -0.336 e. The Morgan fingerprint density at radius 1 is 1.04 bits per heavy atom. The summed E-state index contributed by atoms with van der Waals surface area (Å²) < 4.78 is 27.9. The number of likely N-dealkylation sites (N-methyl/N-ethyl adjacent to an activating group) is 1. The first-order chi connectivity index (χ1) is 12.9. The van der Waals surface area contributed by atoms with Gasteiger partial charge < -0.3 is 9.80 Å². The van der Waals surface area contributed by atoms with E-state index in [0.29, 0.717) is 23.7 Å². The van der Waals surface area contributed by atoms with Crippen LogP contribution in [0.2, 0.25) is 5.02 Å². The molecule has 0 radical (unpaired) electrons. The molecule has 1 aliphatic heterocycles. The van der Waals surface area contributed by atoms with Crippen molar-refractivity contribution < 1.29 is 13.2 Å². The third-order valence-corrected chi connectivity index (χ3v) is 6.27. The molecule has 28 heavy (non-hydrogen) atoms. The molecule has 0 saturated carbocycles. The van der Waals surface area contributed by atoms with Crippen molar-refractivity contribution in [2.45, 2.75) is 11.8 Å². The molecule has 0 aliphatic carbocycles. The zero-order valence-corrected chi connectivity index (χ0v) is 17.9. The van der Waals surface area contributed by atoms with Gasteiger partial charge in [-0.1, -0.05) is 30.7 Å². The molecule has 2 aromatic carbocycles. The number of hydrogen-bond donors (Lipinski definition) is 1. The van der Waals surface area contributed by atoms with Gasteiger partial charge in [0, 0.05) is 31.2 Å². The predicted octanol–water partition coefficient (Wildman–Crippen LogP) is 3.34. The highest BCUT2D eigenvalue weighted by Gasteiger charge is 2.24. The Balaban J connectivity index is 0.00000280. The molecule has 1 N–H and O–H groups in total. The predicted molar refractivity (Wildman–Crippen MR) is 114 cm³/mol. The molecule has 0 spiro atoms. The summed E-state index contributed by atoms with van der Waals surface area (Å²) >= 11 is 5.83. The number of rotatable bonds is 5. The summed E-state index contributed by atoms with van der Waals surface area (Å²) in [7, 11) is -3.82. The standard InChI is InChI=1S/C19H22ClN3O3S.ClH/c1-2-22-11-13-23(14-12-22)19(24)17-5-3-4-6-18(17)21-27(25,26)16-9-7-15(20)8-10-16;/h3-10,21H,2,11-14H2,1H3;1H. The zero-order valence-electron chi connectivity index (χ0n) is 15.5. The fraction of sp³-hybridized carbons (Fsp3) is 0.316. The first-order valence-corrected chi connectivity index (χ1v) is 10.7. The number of hydrogen-bond acceptors (Lipinski definition) is 4. The summed E-state index contributed by atoms with van der Waals surface area (Å²) in [5, 5.41) is 0.454. The third kappa shape index (κ3) is 5.17. The van der Waals surface area contributed by atoms with Crippen LogP contribution in [0.5, 0.6) is 0 Å². The van der Waals surface area contributed by atoms with E-state index in [2.05, 4.69) is 16.5 Å². The Bertz CT molecular complexity index is 912. The number of carbonyl (C=O) groups is 1. The highest BCUT2D eigenvalue weighted by atomic mass is 35.5. The number of anilines is 1. The van der Waals surface area contributed by atoms with Gasteiger partial charge in [0.2, 0.25) is 0 Å². The lowest BCUT2D eigenvalue weighted by Gasteiger charge is -2.34. The van der Waals surface area contributed by atoms with Crippen molar-refractivity contribution in [2.24, 2.45) is 0 Å². The SMILES string of the molecule is CCN1CCN(C(=O)c2ccccc2NS(=O)(=O)c2ccc(Cl)cc2)CC1.Cl. The normalized spacial score (nSPS) is 15.0. The molecule has 1 aliphatic rings. The van der Waals surface area contributed by atoms with Gasteiger partial charge in [0.15, 0.2) is 0 Å². The first-order valence-electron chi connectivity index (χ1n) is 8.80. The number of para-hydroxylation sites is 1. The number of halogens is 2. The van der Waals surface area contributed by atoms with E-state index in [0.717, 1.165) is 19.6 Å². The lowest BCUT2D eigenvalue weighted by molar-refractivity contribution is 0.0644. The van der Waals surface area contributed by atoms with Crippen molar-refractivity contribution in [3.05, 3.63) is 59.1 Å². The fourth-order valence-electron chi connectivity index (χ4n) is 3.01. The number of amides is 1.